The highest BCUT2D eigenvalue weighted by atomic mass is 32.2. The van der Waals surface area contributed by atoms with Crippen molar-refractivity contribution in [3.05, 3.63) is 48.6 Å². The number of Topliss-reactive ketones (excluding diaryl/α,β-unsaturated/α-hetero) is 1. The van der Waals surface area contributed by atoms with Crippen LogP contribution in [0.5, 0.6) is 0 Å². The number of hydrogen-bond donors (Lipinski definition) is 1. The Morgan fingerprint density at radius 2 is 2.04 bits per heavy atom. The Hall–Kier alpha value is -1.66. The van der Waals surface area contributed by atoms with E-state index in [0.29, 0.717) is 4.99 Å². The van der Waals surface area contributed by atoms with Crippen LogP contribution in [0, 0.1) is 0 Å². The Morgan fingerprint density at radius 3 is 2.54 bits per heavy atom. The molecule has 4 nitrogen and oxygen atoms in total. The molecular formula is C18H19NO3S2. The first-order chi connectivity index (χ1) is 11.3. The van der Waals surface area contributed by atoms with E-state index in [0.717, 1.165) is 5.56 Å². The predicted octanol–water partition coefficient (Wildman–Crippen LogP) is 3.02. The molecule has 0 aliphatic carbocycles. The van der Waals surface area contributed by atoms with Gasteiger partial charge < -0.3 is 10.0 Å². The average molecular weight is 361 g/mol. The van der Waals surface area contributed by atoms with E-state index in [-0.39, 0.29) is 17.6 Å². The van der Waals surface area contributed by atoms with Crippen molar-refractivity contribution in [2.75, 3.05) is 0 Å². The summed E-state index contributed by atoms with van der Waals surface area (Å²) in [6, 6.07) is 8.92. The predicted molar refractivity (Wildman–Crippen MR) is 99.3 cm³/mol. The molecule has 1 aromatic rings. The van der Waals surface area contributed by atoms with Gasteiger partial charge in [0.2, 0.25) is 0 Å². The third kappa shape index (κ3) is 2.16. The fourth-order valence-corrected chi connectivity index (χ4v) is 6.24. The van der Waals surface area contributed by atoms with E-state index in [4.69, 9.17) is 12.2 Å². The van der Waals surface area contributed by atoms with Gasteiger partial charge in [-0.3, -0.25) is 4.79 Å². The molecule has 0 radical (unpaired) electrons. The Kier molecular flexibility index (Phi) is 4.08. The first-order valence-electron chi connectivity index (χ1n) is 7.70. The normalized spacial score (nSPS) is 34.4. The number of fused-ring (bicyclic) bond motifs is 1. The van der Waals surface area contributed by atoms with E-state index in [1.165, 1.54) is 11.8 Å². The molecule has 3 rings (SSSR count). The van der Waals surface area contributed by atoms with Crippen LogP contribution in [0.2, 0.25) is 0 Å². The van der Waals surface area contributed by atoms with Crippen molar-refractivity contribution >= 4 is 40.7 Å². The number of thioether (sulfide) groups is 1. The van der Waals surface area contributed by atoms with Crippen molar-refractivity contribution in [3.8, 4) is 0 Å². The lowest BCUT2D eigenvalue weighted by Crippen LogP contribution is -2.71. The molecule has 1 aromatic carbocycles. The monoisotopic (exact) mass is 361 g/mol. The lowest BCUT2D eigenvalue weighted by atomic mass is 9.68. The number of ketones is 1. The Labute approximate surface area is 150 Å². The summed E-state index contributed by atoms with van der Waals surface area (Å²) in [5, 5.41) is 9.53. The number of rotatable bonds is 5. The van der Waals surface area contributed by atoms with Crippen molar-refractivity contribution in [3.63, 3.8) is 0 Å². The van der Waals surface area contributed by atoms with Gasteiger partial charge in [-0.1, -0.05) is 48.6 Å². The number of aliphatic carboxylic acids is 1. The summed E-state index contributed by atoms with van der Waals surface area (Å²) in [5.41, 5.74) is 0.345. The van der Waals surface area contributed by atoms with Crippen LogP contribution >= 0.6 is 24.0 Å². The van der Waals surface area contributed by atoms with Gasteiger partial charge in [-0.15, -0.1) is 18.3 Å². The molecule has 2 aliphatic rings. The number of carboxylic acids is 1. The fourth-order valence-electron chi connectivity index (χ4n) is 3.79. The molecule has 0 spiro atoms. The number of carbonyl (C=O) groups excluding carboxylic acids is 1. The van der Waals surface area contributed by atoms with Gasteiger partial charge in [0.25, 0.3) is 0 Å². The van der Waals surface area contributed by atoms with Crippen LogP contribution in [-0.4, -0.2) is 42.9 Å². The zero-order chi connectivity index (χ0) is 17.7. The summed E-state index contributed by atoms with van der Waals surface area (Å²) >= 11 is 7.20. The number of hydrogen-bond acceptors (Lipinski definition) is 4. The van der Waals surface area contributed by atoms with Gasteiger partial charge >= 0.3 is 5.97 Å². The second-order valence-corrected chi connectivity index (χ2v) is 8.48. The van der Waals surface area contributed by atoms with Gasteiger partial charge in [0, 0.05) is 6.42 Å². The second kappa shape index (κ2) is 5.70. The van der Waals surface area contributed by atoms with Crippen molar-refractivity contribution in [1.82, 2.24) is 4.90 Å². The third-order valence-corrected chi connectivity index (χ3v) is 7.26. The largest absolute Gasteiger partial charge is 0.480 e. The van der Waals surface area contributed by atoms with Crippen molar-refractivity contribution in [2.24, 2.45) is 0 Å². The molecule has 2 aliphatic heterocycles. The van der Waals surface area contributed by atoms with Crippen LogP contribution in [-0.2, 0) is 15.0 Å². The van der Waals surface area contributed by atoms with E-state index in [1.54, 1.807) is 17.9 Å². The summed E-state index contributed by atoms with van der Waals surface area (Å²) in [6.07, 6.45) is 1.96. The minimum absolute atomic E-state index is 0.0422. The number of carbonyl (C=O) groups is 2. The Morgan fingerprint density at radius 1 is 1.42 bits per heavy atom. The Bertz CT molecular complexity index is 735. The first kappa shape index (κ1) is 17.2. The zero-order valence-corrected chi connectivity index (χ0v) is 15.2. The minimum Gasteiger partial charge on any atom is -0.480 e. The molecule has 6 heteroatoms. The average Bonchev–Trinajstić information content (AvgIpc) is 2.85. The molecule has 126 valence electrons. The number of nitrogens with zero attached hydrogens (tertiary/aromatic N) is 1. The Balaban J connectivity index is 2.12. The molecule has 4 atom stereocenters. The molecule has 24 heavy (non-hydrogen) atoms. The molecule has 1 N–H and O–H groups in total. The molecule has 2 fully saturated rings. The number of benzene rings is 1. The van der Waals surface area contributed by atoms with Gasteiger partial charge in [0.05, 0.1) is 20.5 Å². The third-order valence-electron chi connectivity index (χ3n) is 4.93. The summed E-state index contributed by atoms with van der Waals surface area (Å²) < 4.78 is -0.659. The van der Waals surface area contributed by atoms with Crippen LogP contribution in [0.4, 0.5) is 0 Å². The molecule has 0 saturated carbocycles. The summed E-state index contributed by atoms with van der Waals surface area (Å²) in [4.78, 5) is 26.2. The SMILES string of the molecule is C=C[C@]1(C)S[C@H]2N(C(=S)C2(CC(C)=O)c2ccccc2)[C@H]1C(=O)O. The van der Waals surface area contributed by atoms with E-state index in [2.05, 4.69) is 6.58 Å². The molecule has 0 amide bonds. The van der Waals surface area contributed by atoms with Crippen LogP contribution < -0.4 is 0 Å². The first-order valence-corrected chi connectivity index (χ1v) is 8.98. The highest BCUT2D eigenvalue weighted by molar-refractivity contribution is 8.02. The molecule has 1 unspecified atom stereocenters. The maximum absolute atomic E-state index is 12.0. The lowest BCUT2D eigenvalue weighted by Gasteiger charge is -2.56. The van der Waals surface area contributed by atoms with Crippen LogP contribution in [0.3, 0.4) is 0 Å². The van der Waals surface area contributed by atoms with E-state index >= 15 is 0 Å². The number of thiocarbonyl (C=S) groups is 1. The van der Waals surface area contributed by atoms with Gasteiger partial charge in [0.15, 0.2) is 0 Å². The highest BCUT2D eigenvalue weighted by Crippen LogP contribution is 2.61. The summed E-state index contributed by atoms with van der Waals surface area (Å²) in [6.45, 7) is 7.25. The molecule has 2 saturated heterocycles. The van der Waals surface area contributed by atoms with E-state index < -0.39 is 22.2 Å². The minimum atomic E-state index is -0.917. The van der Waals surface area contributed by atoms with Gasteiger partial charge in [-0.2, -0.15) is 0 Å². The standard InChI is InChI=1S/C18H19NO3S2/c1-4-17(3)13(14(21)22)19-15(23)18(10-11(2)20,16(19)24-17)12-8-6-5-7-9-12/h4-9,13,16H,1,10H2,2-3H3,(H,21,22)/t13-,16+,17-,18?/m0/s1. The van der Waals surface area contributed by atoms with Gasteiger partial charge in [-0.05, 0) is 19.4 Å². The lowest BCUT2D eigenvalue weighted by molar-refractivity contribution is -0.143. The van der Waals surface area contributed by atoms with Gasteiger partial charge in [0.1, 0.15) is 11.8 Å². The quantitative estimate of drug-likeness (QED) is 0.643. The van der Waals surface area contributed by atoms with E-state index in [1.807, 2.05) is 37.3 Å². The van der Waals surface area contributed by atoms with Crippen molar-refractivity contribution in [2.45, 2.75) is 41.8 Å². The van der Waals surface area contributed by atoms with Crippen molar-refractivity contribution < 1.29 is 14.7 Å². The summed E-state index contributed by atoms with van der Waals surface area (Å²) in [5.74, 6) is -0.875. The highest BCUT2D eigenvalue weighted by Gasteiger charge is 2.69. The topological polar surface area (TPSA) is 57.6 Å². The van der Waals surface area contributed by atoms with E-state index in [9.17, 15) is 14.7 Å². The maximum atomic E-state index is 12.0. The van der Waals surface area contributed by atoms with Crippen LogP contribution in [0.25, 0.3) is 0 Å². The van der Waals surface area contributed by atoms with Crippen LogP contribution in [0.15, 0.2) is 43.0 Å². The van der Waals surface area contributed by atoms with Gasteiger partial charge in [-0.25, -0.2) is 4.79 Å². The molecular weight excluding hydrogens is 342 g/mol. The fraction of sp³-hybridized carbons (Fsp3) is 0.389. The molecule has 0 bridgehead atoms. The maximum Gasteiger partial charge on any atom is 0.328 e. The van der Waals surface area contributed by atoms with Crippen LogP contribution in [0.1, 0.15) is 25.8 Å². The second-order valence-electron chi connectivity index (χ2n) is 6.53. The molecule has 0 aromatic heterocycles. The zero-order valence-electron chi connectivity index (χ0n) is 13.6. The molecule has 2 heterocycles. The summed E-state index contributed by atoms with van der Waals surface area (Å²) in [7, 11) is 0. The number of carboxylic acid groups (broad SMARTS) is 1. The van der Waals surface area contributed by atoms with Crippen molar-refractivity contribution in [1.29, 1.82) is 0 Å². The smallest absolute Gasteiger partial charge is 0.328 e.